The maximum Gasteiger partial charge on any atom is 0.221 e. The standard InChI is InChI=1S/C9H18N2O3S/c1-15(13,14)11-6-5-9(12)10-7-8-3-2-4-8/h8,11H,2-7H2,1H3,(H,10,12). The maximum absolute atomic E-state index is 11.2. The topological polar surface area (TPSA) is 75.3 Å². The summed E-state index contributed by atoms with van der Waals surface area (Å²) in [5.74, 6) is 0.551. The van der Waals surface area contributed by atoms with Crippen LogP contribution in [-0.4, -0.2) is 33.7 Å². The van der Waals surface area contributed by atoms with Crippen molar-refractivity contribution in [3.8, 4) is 0 Å². The molecule has 1 aliphatic rings. The van der Waals surface area contributed by atoms with Crippen LogP contribution in [-0.2, 0) is 14.8 Å². The average molecular weight is 234 g/mol. The van der Waals surface area contributed by atoms with Gasteiger partial charge in [0.05, 0.1) is 6.26 Å². The molecule has 2 N–H and O–H groups in total. The molecule has 0 atom stereocenters. The molecule has 5 nitrogen and oxygen atoms in total. The van der Waals surface area contributed by atoms with Gasteiger partial charge in [0, 0.05) is 19.5 Å². The number of amides is 1. The zero-order valence-corrected chi connectivity index (χ0v) is 9.77. The molecule has 0 aromatic rings. The Morgan fingerprint density at radius 2 is 2.07 bits per heavy atom. The minimum atomic E-state index is -3.17. The molecule has 88 valence electrons. The average Bonchev–Trinajstić information content (AvgIpc) is 1.98. The Morgan fingerprint density at radius 1 is 1.40 bits per heavy atom. The molecular formula is C9H18N2O3S. The van der Waals surface area contributed by atoms with Gasteiger partial charge >= 0.3 is 0 Å². The Kier molecular flexibility index (Phi) is 4.53. The van der Waals surface area contributed by atoms with E-state index >= 15 is 0 Å². The van der Waals surface area contributed by atoms with Gasteiger partial charge in [0.2, 0.25) is 15.9 Å². The fourth-order valence-electron chi connectivity index (χ4n) is 1.39. The van der Waals surface area contributed by atoms with Gasteiger partial charge in [-0.15, -0.1) is 0 Å². The van der Waals surface area contributed by atoms with Crippen molar-refractivity contribution in [3.05, 3.63) is 0 Å². The second-order valence-corrected chi connectivity index (χ2v) is 5.85. The van der Waals surface area contributed by atoms with Crippen LogP contribution in [0.1, 0.15) is 25.7 Å². The normalized spacial score (nSPS) is 17.1. The van der Waals surface area contributed by atoms with E-state index in [1.54, 1.807) is 0 Å². The molecule has 6 heteroatoms. The third kappa shape index (κ3) is 5.74. The third-order valence-corrected chi connectivity index (χ3v) is 3.26. The lowest BCUT2D eigenvalue weighted by molar-refractivity contribution is -0.121. The molecule has 1 amide bonds. The largest absolute Gasteiger partial charge is 0.356 e. The molecule has 1 rings (SSSR count). The Morgan fingerprint density at radius 3 is 2.53 bits per heavy atom. The second kappa shape index (κ2) is 5.46. The third-order valence-electron chi connectivity index (χ3n) is 2.53. The zero-order chi connectivity index (χ0) is 11.3. The summed E-state index contributed by atoms with van der Waals surface area (Å²) in [5.41, 5.74) is 0. The van der Waals surface area contributed by atoms with Gasteiger partial charge in [-0.05, 0) is 18.8 Å². The monoisotopic (exact) mass is 234 g/mol. The number of rotatable bonds is 6. The van der Waals surface area contributed by atoms with Gasteiger partial charge in [-0.1, -0.05) is 6.42 Å². The number of hydrogen-bond donors (Lipinski definition) is 2. The molecular weight excluding hydrogens is 216 g/mol. The number of hydrogen-bond acceptors (Lipinski definition) is 3. The lowest BCUT2D eigenvalue weighted by Gasteiger charge is -2.25. The molecule has 0 aliphatic heterocycles. The van der Waals surface area contributed by atoms with Crippen molar-refractivity contribution in [2.45, 2.75) is 25.7 Å². The van der Waals surface area contributed by atoms with Crippen LogP contribution in [0.4, 0.5) is 0 Å². The summed E-state index contributed by atoms with van der Waals surface area (Å²) < 4.78 is 23.7. The van der Waals surface area contributed by atoms with Gasteiger partial charge < -0.3 is 5.32 Å². The van der Waals surface area contributed by atoms with E-state index < -0.39 is 10.0 Å². The number of nitrogens with one attached hydrogen (secondary N) is 2. The van der Waals surface area contributed by atoms with Crippen LogP contribution in [0.3, 0.4) is 0 Å². The molecule has 15 heavy (non-hydrogen) atoms. The van der Waals surface area contributed by atoms with Crippen LogP contribution in [0.2, 0.25) is 0 Å². The van der Waals surface area contributed by atoms with Crippen molar-refractivity contribution < 1.29 is 13.2 Å². The Labute approximate surface area is 90.7 Å². The van der Waals surface area contributed by atoms with Crippen LogP contribution in [0.5, 0.6) is 0 Å². The van der Waals surface area contributed by atoms with E-state index in [4.69, 9.17) is 0 Å². The summed E-state index contributed by atoms with van der Waals surface area (Å²) in [5, 5.41) is 2.80. The fourth-order valence-corrected chi connectivity index (χ4v) is 1.87. The zero-order valence-electron chi connectivity index (χ0n) is 8.95. The number of carbonyl (C=O) groups is 1. The lowest BCUT2D eigenvalue weighted by Crippen LogP contribution is -2.34. The summed E-state index contributed by atoms with van der Waals surface area (Å²) in [4.78, 5) is 11.2. The minimum absolute atomic E-state index is 0.0851. The van der Waals surface area contributed by atoms with E-state index in [1.807, 2.05) is 0 Å². The van der Waals surface area contributed by atoms with E-state index in [0.29, 0.717) is 5.92 Å². The van der Waals surface area contributed by atoms with E-state index in [2.05, 4.69) is 10.0 Å². The van der Waals surface area contributed by atoms with Gasteiger partial charge in [0.1, 0.15) is 0 Å². The van der Waals surface area contributed by atoms with Gasteiger partial charge in [-0.2, -0.15) is 0 Å². The minimum Gasteiger partial charge on any atom is -0.356 e. The number of sulfonamides is 1. The van der Waals surface area contributed by atoms with Crippen LogP contribution >= 0.6 is 0 Å². The summed E-state index contributed by atoms with van der Waals surface area (Å²) in [6.07, 6.45) is 4.94. The van der Waals surface area contributed by atoms with Crippen molar-refractivity contribution in [1.29, 1.82) is 0 Å². The Hall–Kier alpha value is -0.620. The van der Waals surface area contributed by atoms with E-state index in [1.165, 1.54) is 19.3 Å². The van der Waals surface area contributed by atoms with Gasteiger partial charge in [0.25, 0.3) is 0 Å². The molecule has 1 fully saturated rings. The first-order chi connectivity index (χ1) is 6.97. The molecule has 0 aromatic heterocycles. The summed E-state index contributed by atoms with van der Waals surface area (Å²) >= 11 is 0. The highest BCUT2D eigenvalue weighted by Gasteiger charge is 2.17. The first kappa shape index (κ1) is 12.4. The smallest absolute Gasteiger partial charge is 0.221 e. The number of carbonyl (C=O) groups excluding carboxylic acids is 1. The molecule has 0 heterocycles. The molecule has 1 saturated carbocycles. The predicted molar refractivity (Wildman–Crippen MR) is 57.8 cm³/mol. The van der Waals surface area contributed by atoms with E-state index in [9.17, 15) is 13.2 Å². The lowest BCUT2D eigenvalue weighted by atomic mass is 9.85. The van der Waals surface area contributed by atoms with Crippen LogP contribution in [0.15, 0.2) is 0 Å². The SMILES string of the molecule is CS(=O)(=O)NCCC(=O)NCC1CCC1. The Balaban J connectivity index is 2.02. The van der Waals surface area contributed by atoms with Gasteiger partial charge in [-0.3, -0.25) is 4.79 Å². The van der Waals surface area contributed by atoms with E-state index in [-0.39, 0.29) is 18.9 Å². The Bertz CT molecular complexity index is 309. The second-order valence-electron chi connectivity index (χ2n) is 4.02. The molecule has 0 saturated heterocycles. The predicted octanol–water partition coefficient (Wildman–Crippen LogP) is -0.158. The van der Waals surface area contributed by atoms with Crippen molar-refractivity contribution >= 4 is 15.9 Å². The summed E-state index contributed by atoms with van der Waals surface area (Å²) in [6.45, 7) is 0.910. The maximum atomic E-state index is 11.2. The highest BCUT2D eigenvalue weighted by atomic mass is 32.2. The van der Waals surface area contributed by atoms with Crippen molar-refractivity contribution in [2.75, 3.05) is 19.3 Å². The highest BCUT2D eigenvalue weighted by molar-refractivity contribution is 7.88. The highest BCUT2D eigenvalue weighted by Crippen LogP contribution is 2.24. The molecule has 0 aromatic carbocycles. The first-order valence-corrected chi connectivity index (χ1v) is 7.08. The van der Waals surface area contributed by atoms with Gasteiger partial charge in [-0.25, -0.2) is 13.1 Å². The van der Waals surface area contributed by atoms with Gasteiger partial charge in [0.15, 0.2) is 0 Å². The van der Waals surface area contributed by atoms with Crippen LogP contribution in [0.25, 0.3) is 0 Å². The molecule has 1 aliphatic carbocycles. The fraction of sp³-hybridized carbons (Fsp3) is 0.889. The quantitative estimate of drug-likeness (QED) is 0.670. The first-order valence-electron chi connectivity index (χ1n) is 5.19. The molecule has 0 radical (unpaired) electrons. The van der Waals surface area contributed by atoms with E-state index in [0.717, 1.165) is 12.8 Å². The van der Waals surface area contributed by atoms with Crippen molar-refractivity contribution in [1.82, 2.24) is 10.0 Å². The summed E-state index contributed by atoms with van der Waals surface area (Å²) in [7, 11) is -3.17. The summed E-state index contributed by atoms with van der Waals surface area (Å²) in [6, 6.07) is 0. The molecule has 0 bridgehead atoms. The van der Waals surface area contributed by atoms with Crippen LogP contribution < -0.4 is 10.0 Å². The van der Waals surface area contributed by atoms with Crippen molar-refractivity contribution in [3.63, 3.8) is 0 Å². The molecule has 0 unspecified atom stereocenters. The van der Waals surface area contributed by atoms with Crippen molar-refractivity contribution in [2.24, 2.45) is 5.92 Å². The molecule has 0 spiro atoms. The van der Waals surface area contributed by atoms with Crippen LogP contribution in [0, 0.1) is 5.92 Å².